The molecule has 0 fully saturated rings. The van der Waals surface area contributed by atoms with Crippen LogP contribution in [0.5, 0.6) is 17.2 Å². The molecular formula is C23H24ClN5O5. The number of para-hydroxylation sites is 1. The molecule has 2 aromatic carbocycles. The molecule has 3 aromatic rings. The van der Waals surface area contributed by atoms with Gasteiger partial charge >= 0.3 is 0 Å². The average Bonchev–Trinajstić information content (AvgIpc) is 3.15. The Kier molecular flexibility index (Phi) is 8.10. The summed E-state index contributed by atoms with van der Waals surface area (Å²) in [5, 5.41) is 11.2. The van der Waals surface area contributed by atoms with Gasteiger partial charge in [0.05, 0.1) is 51.0 Å². The fourth-order valence-corrected chi connectivity index (χ4v) is 3.40. The molecule has 34 heavy (non-hydrogen) atoms. The molecule has 11 heteroatoms. The minimum atomic E-state index is -0.527. The monoisotopic (exact) mass is 485 g/mol. The first-order valence-electron chi connectivity index (χ1n) is 10.1. The van der Waals surface area contributed by atoms with Crippen LogP contribution in [0.2, 0.25) is 5.15 Å². The number of amides is 2. The Morgan fingerprint density at radius 3 is 2.32 bits per heavy atom. The van der Waals surface area contributed by atoms with Crippen LogP contribution in [0.4, 0.5) is 0 Å². The Balaban J connectivity index is 1.61. The molecule has 0 spiro atoms. The maximum Gasteiger partial charge on any atom is 0.259 e. The van der Waals surface area contributed by atoms with E-state index in [4.69, 9.17) is 25.8 Å². The zero-order valence-corrected chi connectivity index (χ0v) is 19.8. The molecule has 0 radical (unpaired) electrons. The number of nitrogens with zero attached hydrogens (tertiary/aromatic N) is 3. The molecule has 0 aliphatic heterocycles. The van der Waals surface area contributed by atoms with Crippen molar-refractivity contribution in [1.82, 2.24) is 20.5 Å². The molecule has 10 nitrogen and oxygen atoms in total. The van der Waals surface area contributed by atoms with E-state index in [9.17, 15) is 9.59 Å². The summed E-state index contributed by atoms with van der Waals surface area (Å²) < 4.78 is 17.3. The summed E-state index contributed by atoms with van der Waals surface area (Å²) >= 11 is 6.43. The number of carbonyl (C=O) groups is 2. The molecule has 2 N–H and O–H groups in total. The lowest BCUT2D eigenvalue weighted by atomic mass is 10.1. The smallest absolute Gasteiger partial charge is 0.259 e. The highest BCUT2D eigenvalue weighted by Gasteiger charge is 2.17. The fourth-order valence-electron chi connectivity index (χ4n) is 3.08. The van der Waals surface area contributed by atoms with Crippen LogP contribution in [0.3, 0.4) is 0 Å². The van der Waals surface area contributed by atoms with Gasteiger partial charge in [-0.1, -0.05) is 29.8 Å². The summed E-state index contributed by atoms with van der Waals surface area (Å²) in [5.74, 6) is -0.0189. The Labute approximate surface area is 201 Å². The number of hydrogen-bond donors (Lipinski definition) is 2. The highest BCUT2D eigenvalue weighted by atomic mass is 35.5. The summed E-state index contributed by atoms with van der Waals surface area (Å²) in [5.41, 5.74) is 4.60. The van der Waals surface area contributed by atoms with Crippen LogP contribution in [0.15, 0.2) is 47.6 Å². The second-order valence-electron chi connectivity index (χ2n) is 6.93. The zero-order chi connectivity index (χ0) is 24.7. The maximum absolute atomic E-state index is 12.5. The fraction of sp³-hybridized carbons (Fsp3) is 0.217. The Bertz CT molecular complexity index is 1180. The molecule has 3 rings (SSSR count). The van der Waals surface area contributed by atoms with Gasteiger partial charge in [-0.2, -0.15) is 10.2 Å². The van der Waals surface area contributed by atoms with E-state index in [-0.39, 0.29) is 12.1 Å². The molecule has 0 saturated carbocycles. The molecule has 0 aliphatic rings. The first-order chi connectivity index (χ1) is 16.4. The van der Waals surface area contributed by atoms with Gasteiger partial charge in [0.25, 0.3) is 11.8 Å². The topological polar surface area (TPSA) is 116 Å². The predicted octanol–water partition coefficient (Wildman–Crippen LogP) is 2.74. The van der Waals surface area contributed by atoms with E-state index in [0.29, 0.717) is 33.7 Å². The van der Waals surface area contributed by atoms with Crippen LogP contribution in [-0.2, 0) is 4.79 Å². The Morgan fingerprint density at radius 1 is 1.09 bits per heavy atom. The van der Waals surface area contributed by atoms with Gasteiger partial charge in [-0.05, 0) is 31.2 Å². The van der Waals surface area contributed by atoms with Crippen LogP contribution >= 0.6 is 11.6 Å². The molecule has 2 amide bonds. The molecule has 0 aliphatic carbocycles. The second-order valence-corrected chi connectivity index (χ2v) is 7.29. The number of rotatable bonds is 9. The number of ether oxygens (including phenoxy) is 3. The van der Waals surface area contributed by atoms with Gasteiger partial charge in [0.1, 0.15) is 5.15 Å². The maximum atomic E-state index is 12.5. The van der Waals surface area contributed by atoms with E-state index in [1.54, 1.807) is 11.6 Å². The van der Waals surface area contributed by atoms with E-state index >= 15 is 0 Å². The summed E-state index contributed by atoms with van der Waals surface area (Å²) in [6.07, 6.45) is 1.41. The highest BCUT2D eigenvalue weighted by Crippen LogP contribution is 2.38. The number of carbonyl (C=O) groups excluding carboxylic acids is 2. The van der Waals surface area contributed by atoms with Crippen LogP contribution in [-0.4, -0.2) is 55.7 Å². The summed E-state index contributed by atoms with van der Waals surface area (Å²) in [7, 11) is 4.36. The number of halogens is 1. The third-order valence-corrected chi connectivity index (χ3v) is 5.13. The molecule has 1 aromatic heterocycles. The van der Waals surface area contributed by atoms with Gasteiger partial charge in [0, 0.05) is 5.56 Å². The van der Waals surface area contributed by atoms with Gasteiger partial charge in [-0.25, -0.2) is 10.1 Å². The third-order valence-electron chi connectivity index (χ3n) is 4.77. The van der Waals surface area contributed by atoms with Crippen molar-refractivity contribution in [3.63, 3.8) is 0 Å². The first kappa shape index (κ1) is 24.6. The Hall–Kier alpha value is -4.05. The van der Waals surface area contributed by atoms with Gasteiger partial charge in [0.2, 0.25) is 5.75 Å². The minimum Gasteiger partial charge on any atom is -0.493 e. The largest absolute Gasteiger partial charge is 0.493 e. The summed E-state index contributed by atoms with van der Waals surface area (Å²) in [6, 6.07) is 12.4. The zero-order valence-electron chi connectivity index (χ0n) is 19.1. The Morgan fingerprint density at radius 2 is 1.74 bits per heavy atom. The number of benzene rings is 2. The highest BCUT2D eigenvalue weighted by molar-refractivity contribution is 6.32. The van der Waals surface area contributed by atoms with E-state index in [1.165, 1.54) is 39.7 Å². The first-order valence-corrected chi connectivity index (χ1v) is 10.5. The van der Waals surface area contributed by atoms with Crippen LogP contribution < -0.4 is 25.0 Å². The van der Waals surface area contributed by atoms with Gasteiger partial charge in [-0.3, -0.25) is 9.59 Å². The average molecular weight is 486 g/mol. The van der Waals surface area contributed by atoms with Crippen molar-refractivity contribution in [3.8, 4) is 22.9 Å². The van der Waals surface area contributed by atoms with Crippen molar-refractivity contribution in [2.45, 2.75) is 6.92 Å². The molecule has 0 bridgehead atoms. The SMILES string of the molecule is COc1cc(C(=O)NCC(=O)N/N=C\c2c(C)nn(-c3ccccc3)c2Cl)cc(OC)c1OC. The molecule has 0 saturated heterocycles. The lowest BCUT2D eigenvalue weighted by Gasteiger charge is -2.14. The van der Waals surface area contributed by atoms with Crippen LogP contribution in [0.25, 0.3) is 5.69 Å². The van der Waals surface area contributed by atoms with Crippen molar-refractivity contribution in [2.24, 2.45) is 5.10 Å². The summed E-state index contributed by atoms with van der Waals surface area (Å²) in [4.78, 5) is 24.6. The number of aromatic nitrogens is 2. The number of hydrogen-bond acceptors (Lipinski definition) is 7. The minimum absolute atomic E-state index is 0.238. The lowest BCUT2D eigenvalue weighted by molar-refractivity contribution is -0.120. The van der Waals surface area contributed by atoms with Crippen molar-refractivity contribution in [1.29, 1.82) is 0 Å². The van der Waals surface area contributed by atoms with Crippen LogP contribution in [0, 0.1) is 6.92 Å². The quantitative estimate of drug-likeness (QED) is 0.355. The normalized spacial score (nSPS) is 10.7. The molecule has 178 valence electrons. The van der Waals surface area contributed by atoms with Crippen molar-refractivity contribution in [2.75, 3.05) is 27.9 Å². The van der Waals surface area contributed by atoms with Crippen molar-refractivity contribution < 1.29 is 23.8 Å². The van der Waals surface area contributed by atoms with E-state index < -0.39 is 11.8 Å². The van der Waals surface area contributed by atoms with Crippen molar-refractivity contribution >= 4 is 29.6 Å². The predicted molar refractivity (Wildman–Crippen MR) is 127 cm³/mol. The van der Waals surface area contributed by atoms with Crippen molar-refractivity contribution in [3.05, 3.63) is 64.4 Å². The van der Waals surface area contributed by atoms with E-state index in [0.717, 1.165) is 5.69 Å². The molecule has 1 heterocycles. The third kappa shape index (κ3) is 5.46. The molecule has 0 atom stereocenters. The van der Waals surface area contributed by atoms with E-state index in [1.807, 2.05) is 30.3 Å². The standard InChI is InChI=1S/C23H24ClN5O5/c1-14-17(22(24)29(28-14)16-8-6-5-7-9-16)12-26-27-20(30)13-25-23(31)15-10-18(32-2)21(34-4)19(11-15)33-3/h5-12H,13H2,1-4H3,(H,25,31)(H,27,30)/b26-12-. The van der Waals surface area contributed by atoms with Gasteiger partial charge in [-0.15, -0.1) is 0 Å². The summed E-state index contributed by atoms with van der Waals surface area (Å²) in [6.45, 7) is 1.48. The number of hydrazone groups is 1. The van der Waals surface area contributed by atoms with E-state index in [2.05, 4.69) is 20.9 Å². The number of nitrogens with one attached hydrogen (secondary N) is 2. The lowest BCUT2D eigenvalue weighted by Crippen LogP contribution is -2.35. The molecule has 0 unspecified atom stereocenters. The number of aryl methyl sites for hydroxylation is 1. The van der Waals surface area contributed by atoms with Crippen LogP contribution in [0.1, 0.15) is 21.6 Å². The number of methoxy groups -OCH3 is 3. The van der Waals surface area contributed by atoms with Gasteiger partial charge < -0.3 is 19.5 Å². The second kappa shape index (κ2) is 11.2. The molecular weight excluding hydrogens is 462 g/mol. The van der Waals surface area contributed by atoms with Gasteiger partial charge in [0.15, 0.2) is 11.5 Å².